The molecule has 1 heterocycles. The van der Waals surface area contributed by atoms with Gasteiger partial charge < -0.3 is 5.32 Å². The molecule has 1 aromatic heterocycles. The average molecular weight is 274 g/mol. The number of benzene rings is 1. The lowest BCUT2D eigenvalue weighted by molar-refractivity contribution is 0.0956. The Morgan fingerprint density at radius 2 is 2.16 bits per heavy atom. The number of nitrogens with one attached hydrogen (secondary N) is 1. The lowest BCUT2D eigenvalue weighted by atomic mass is 10.1. The zero-order valence-corrected chi connectivity index (χ0v) is 12.0. The molecule has 4 heteroatoms. The van der Waals surface area contributed by atoms with Crippen molar-refractivity contribution in [2.24, 2.45) is 0 Å². The van der Waals surface area contributed by atoms with Gasteiger partial charge in [0, 0.05) is 23.9 Å². The molecule has 0 aliphatic carbocycles. The lowest BCUT2D eigenvalue weighted by Crippen LogP contribution is -2.26. The molecule has 0 unspecified atom stereocenters. The van der Waals surface area contributed by atoms with Gasteiger partial charge in [0.1, 0.15) is 0 Å². The lowest BCUT2D eigenvalue weighted by Gasteiger charge is -2.07. The normalized spacial score (nSPS) is 10.9. The summed E-state index contributed by atoms with van der Waals surface area (Å²) in [6.45, 7) is 4.99. The number of fused-ring (bicyclic) bond motifs is 1. The molecule has 0 aliphatic heterocycles. The van der Waals surface area contributed by atoms with Crippen LogP contribution in [0.5, 0.6) is 0 Å². The Balaban J connectivity index is 1.97. The van der Waals surface area contributed by atoms with Crippen LogP contribution >= 0.6 is 11.8 Å². The minimum Gasteiger partial charge on any atom is -0.351 e. The van der Waals surface area contributed by atoms with Crippen LogP contribution in [0.2, 0.25) is 0 Å². The molecule has 1 N–H and O–H groups in total. The van der Waals surface area contributed by atoms with Gasteiger partial charge >= 0.3 is 0 Å². The molecule has 0 atom stereocenters. The molecular formula is C15H18N2OS. The van der Waals surface area contributed by atoms with Gasteiger partial charge in [-0.2, -0.15) is 11.8 Å². The number of rotatable bonds is 5. The van der Waals surface area contributed by atoms with Gasteiger partial charge in [-0.1, -0.05) is 32.0 Å². The fraction of sp³-hybridized carbons (Fsp3) is 0.333. The molecular weight excluding hydrogens is 256 g/mol. The van der Waals surface area contributed by atoms with Gasteiger partial charge in [0.25, 0.3) is 5.91 Å². The number of hydrogen-bond donors (Lipinski definition) is 1. The number of carbonyl (C=O) groups is 1. The third kappa shape index (κ3) is 3.96. The first-order valence-corrected chi connectivity index (χ1v) is 7.46. The Morgan fingerprint density at radius 1 is 1.37 bits per heavy atom. The van der Waals surface area contributed by atoms with Crippen molar-refractivity contribution >= 4 is 28.6 Å². The summed E-state index contributed by atoms with van der Waals surface area (Å²) in [7, 11) is 0. The van der Waals surface area contributed by atoms with Crippen molar-refractivity contribution in [3.8, 4) is 0 Å². The van der Waals surface area contributed by atoms with Gasteiger partial charge in [0.05, 0.1) is 11.1 Å². The Kier molecular flexibility index (Phi) is 4.80. The summed E-state index contributed by atoms with van der Waals surface area (Å²) in [6, 6.07) is 9.68. The smallest absolute Gasteiger partial charge is 0.252 e. The van der Waals surface area contributed by atoms with E-state index in [-0.39, 0.29) is 5.91 Å². The van der Waals surface area contributed by atoms with E-state index in [2.05, 4.69) is 24.1 Å². The molecule has 0 aliphatic rings. The number of thioether (sulfide) groups is 1. The van der Waals surface area contributed by atoms with Gasteiger partial charge in [-0.05, 0) is 17.4 Å². The number of nitrogens with zero attached hydrogens (tertiary/aromatic N) is 1. The average Bonchev–Trinajstić information content (AvgIpc) is 2.42. The minimum atomic E-state index is -0.0531. The van der Waals surface area contributed by atoms with E-state index in [0.717, 1.165) is 16.7 Å². The van der Waals surface area contributed by atoms with Gasteiger partial charge in [0.15, 0.2) is 0 Å². The molecule has 19 heavy (non-hydrogen) atoms. The topological polar surface area (TPSA) is 42.0 Å². The highest BCUT2D eigenvalue weighted by molar-refractivity contribution is 7.99. The number of carbonyl (C=O) groups excluding carboxylic acids is 1. The van der Waals surface area contributed by atoms with E-state index >= 15 is 0 Å². The molecule has 100 valence electrons. The van der Waals surface area contributed by atoms with Crippen LogP contribution in [-0.4, -0.2) is 28.4 Å². The predicted molar refractivity (Wildman–Crippen MR) is 81.7 cm³/mol. The van der Waals surface area contributed by atoms with Gasteiger partial charge in [0.2, 0.25) is 0 Å². The molecule has 0 radical (unpaired) electrons. The van der Waals surface area contributed by atoms with E-state index in [1.165, 1.54) is 0 Å². The molecule has 0 spiro atoms. The monoisotopic (exact) mass is 274 g/mol. The second kappa shape index (κ2) is 6.57. The van der Waals surface area contributed by atoms with Crippen molar-refractivity contribution in [2.45, 2.75) is 19.1 Å². The van der Waals surface area contributed by atoms with Crippen molar-refractivity contribution in [3.05, 3.63) is 42.1 Å². The first-order valence-electron chi connectivity index (χ1n) is 6.41. The number of aromatic nitrogens is 1. The zero-order valence-electron chi connectivity index (χ0n) is 11.2. The van der Waals surface area contributed by atoms with Crippen molar-refractivity contribution < 1.29 is 4.79 Å². The summed E-state index contributed by atoms with van der Waals surface area (Å²) < 4.78 is 0. The van der Waals surface area contributed by atoms with E-state index in [4.69, 9.17) is 0 Å². The van der Waals surface area contributed by atoms with E-state index in [0.29, 0.717) is 17.4 Å². The molecule has 0 saturated carbocycles. The van der Waals surface area contributed by atoms with Crippen LogP contribution in [0.15, 0.2) is 36.5 Å². The van der Waals surface area contributed by atoms with Crippen LogP contribution in [0, 0.1) is 0 Å². The molecule has 1 aromatic carbocycles. The summed E-state index contributed by atoms with van der Waals surface area (Å²) in [4.78, 5) is 16.3. The highest BCUT2D eigenvalue weighted by atomic mass is 32.2. The number of para-hydroxylation sites is 1. The second-order valence-electron chi connectivity index (χ2n) is 4.59. The maximum absolute atomic E-state index is 12.0. The van der Waals surface area contributed by atoms with E-state index < -0.39 is 0 Å². The zero-order chi connectivity index (χ0) is 13.7. The van der Waals surface area contributed by atoms with Crippen LogP contribution in [0.3, 0.4) is 0 Å². The molecule has 0 bridgehead atoms. The van der Waals surface area contributed by atoms with Crippen molar-refractivity contribution in [1.29, 1.82) is 0 Å². The summed E-state index contributed by atoms with van der Waals surface area (Å²) in [5.74, 6) is 0.882. The molecule has 3 nitrogen and oxygen atoms in total. The first-order chi connectivity index (χ1) is 9.16. The molecule has 2 aromatic rings. The van der Waals surface area contributed by atoms with Crippen molar-refractivity contribution in [2.75, 3.05) is 12.3 Å². The van der Waals surface area contributed by atoms with E-state index in [9.17, 15) is 4.79 Å². The Labute approximate surface area is 117 Å². The summed E-state index contributed by atoms with van der Waals surface area (Å²) in [5.41, 5.74) is 1.53. The fourth-order valence-electron chi connectivity index (χ4n) is 1.76. The first kappa shape index (κ1) is 13.9. The minimum absolute atomic E-state index is 0.0531. The summed E-state index contributed by atoms with van der Waals surface area (Å²) in [5, 5.41) is 4.51. The van der Waals surface area contributed by atoms with Gasteiger partial charge in [-0.3, -0.25) is 9.78 Å². The maximum Gasteiger partial charge on any atom is 0.252 e. The Bertz CT molecular complexity index is 569. The Morgan fingerprint density at radius 3 is 2.95 bits per heavy atom. The quantitative estimate of drug-likeness (QED) is 0.852. The molecule has 0 fully saturated rings. The molecule has 2 rings (SSSR count). The maximum atomic E-state index is 12.0. The highest BCUT2D eigenvalue weighted by Crippen LogP contribution is 2.12. The van der Waals surface area contributed by atoms with Crippen molar-refractivity contribution in [3.63, 3.8) is 0 Å². The van der Waals surface area contributed by atoms with Crippen LogP contribution in [-0.2, 0) is 0 Å². The second-order valence-corrected chi connectivity index (χ2v) is 6.28. The number of pyridine rings is 1. The summed E-state index contributed by atoms with van der Waals surface area (Å²) in [6.07, 6.45) is 1.63. The van der Waals surface area contributed by atoms with Crippen molar-refractivity contribution in [1.82, 2.24) is 10.3 Å². The predicted octanol–water partition coefficient (Wildman–Crippen LogP) is 3.11. The van der Waals surface area contributed by atoms with Crippen LogP contribution in [0.4, 0.5) is 0 Å². The van der Waals surface area contributed by atoms with Crippen LogP contribution in [0.1, 0.15) is 24.2 Å². The number of amides is 1. The highest BCUT2D eigenvalue weighted by Gasteiger charge is 2.06. The Hall–Kier alpha value is -1.55. The van der Waals surface area contributed by atoms with Crippen LogP contribution in [0.25, 0.3) is 10.9 Å². The van der Waals surface area contributed by atoms with Gasteiger partial charge in [-0.25, -0.2) is 0 Å². The largest absolute Gasteiger partial charge is 0.351 e. The fourth-order valence-corrected chi connectivity index (χ4v) is 2.45. The molecule has 1 amide bonds. The SMILES string of the molecule is CC(C)SCCNC(=O)c1cnc2ccccc2c1. The summed E-state index contributed by atoms with van der Waals surface area (Å²) >= 11 is 1.84. The number of hydrogen-bond acceptors (Lipinski definition) is 3. The van der Waals surface area contributed by atoms with E-state index in [1.807, 2.05) is 42.1 Å². The van der Waals surface area contributed by atoms with E-state index in [1.54, 1.807) is 6.20 Å². The van der Waals surface area contributed by atoms with Crippen LogP contribution < -0.4 is 5.32 Å². The standard InChI is InChI=1S/C15H18N2OS/c1-11(2)19-8-7-16-15(18)13-9-12-5-3-4-6-14(12)17-10-13/h3-6,9-11H,7-8H2,1-2H3,(H,16,18). The van der Waals surface area contributed by atoms with Gasteiger partial charge in [-0.15, -0.1) is 0 Å². The molecule has 0 saturated heterocycles. The third-order valence-electron chi connectivity index (χ3n) is 2.69. The third-order valence-corrected chi connectivity index (χ3v) is 3.80.